The third-order valence-corrected chi connectivity index (χ3v) is 13.2. The first kappa shape index (κ1) is 50.1. The monoisotopic (exact) mass is 1070 g/mol. The van der Waals surface area contributed by atoms with Crippen LogP contribution in [0.5, 0.6) is 0 Å². The average molecular weight is 1080 g/mol. The molecule has 0 aliphatic heterocycles. The van der Waals surface area contributed by atoms with Crippen molar-refractivity contribution in [2.24, 2.45) is 0 Å². The van der Waals surface area contributed by atoms with E-state index in [1.807, 2.05) is 0 Å². The van der Waals surface area contributed by atoms with E-state index in [9.17, 15) is 5.11 Å². The van der Waals surface area contributed by atoms with Crippen LogP contribution in [0.3, 0.4) is 0 Å². The van der Waals surface area contributed by atoms with Crippen LogP contribution in [0.2, 0.25) is 0 Å². The number of halogens is 2. The van der Waals surface area contributed by atoms with Gasteiger partial charge in [-0.25, -0.2) is 0 Å². The molecule has 0 saturated heterocycles. The Morgan fingerprint density at radius 3 is 1.04 bits per heavy atom. The Labute approximate surface area is 474 Å². The van der Waals surface area contributed by atoms with Gasteiger partial charge in [0.25, 0.3) is 0 Å². The molecule has 0 spiro atoms. The SMILES string of the molecule is Brc1ccc(-c2ccc(Br)cc2)cc1.CC(C)(C)[O-].[K+].c1cc(-c2ccc(-n3c4ccccc4c4ccccc43)cc2)cc(-n2c3ccccc3c3ccccc32)c1.c1ccc2c(c1)[nH]c1ccccc12. The van der Waals surface area contributed by atoms with Gasteiger partial charge in [-0.2, -0.15) is 0 Å². The minimum absolute atomic E-state index is 0. The van der Waals surface area contributed by atoms with Crippen molar-refractivity contribution in [2.45, 2.75) is 26.4 Å². The van der Waals surface area contributed by atoms with Crippen LogP contribution < -0.4 is 56.5 Å². The third kappa shape index (κ3) is 11.3. The Hall–Kier alpha value is -5.84. The van der Waals surface area contributed by atoms with Gasteiger partial charge in [-0.3, -0.25) is 0 Å². The van der Waals surface area contributed by atoms with E-state index in [1.54, 1.807) is 20.8 Å². The zero-order valence-electron chi connectivity index (χ0n) is 40.2. The summed E-state index contributed by atoms with van der Waals surface area (Å²) in [6.07, 6.45) is 0. The second-order valence-corrected chi connectivity index (χ2v) is 20.0. The van der Waals surface area contributed by atoms with Gasteiger partial charge in [0.05, 0.1) is 22.1 Å². The molecule has 1 N–H and O–H groups in total. The Balaban J connectivity index is 0.000000154. The fourth-order valence-corrected chi connectivity index (χ4v) is 9.64. The van der Waals surface area contributed by atoms with Crippen LogP contribution in [0.1, 0.15) is 20.8 Å². The standard InChI is InChI=1S/C36H24N2.C12H8Br2.C12H9N.C4H9O.K/c1-5-16-33-29(12-1)30-13-2-6-17-34(30)37(33)27-22-20-25(21-23-27)26-10-9-11-28(24-26)38-35-18-7-3-14-31(35)32-15-4-8-19-36(32)38;13-11-5-1-9(2-6-11)10-3-7-12(14)8-4-10;1-3-7-11-9(5-1)10-6-2-4-8-12(10)13-11;1-4(2,3)5;/h1-24H;1-8H;1-8,13H;1-3H3;/q;;;-1;+1. The molecule has 3 aromatic heterocycles. The predicted octanol–water partition coefficient (Wildman–Crippen LogP) is 14.9. The minimum atomic E-state index is -0.750. The van der Waals surface area contributed by atoms with Crippen LogP contribution in [-0.4, -0.2) is 19.7 Å². The van der Waals surface area contributed by atoms with E-state index in [0.29, 0.717) is 0 Å². The first-order valence-electron chi connectivity index (χ1n) is 23.4. The van der Waals surface area contributed by atoms with Crippen LogP contribution in [0, 0.1) is 0 Å². The van der Waals surface area contributed by atoms with Crippen LogP contribution in [0.4, 0.5) is 0 Å². The van der Waals surface area contributed by atoms with Crippen LogP contribution in [-0.2, 0) is 0 Å². The van der Waals surface area contributed by atoms with E-state index in [2.05, 4.69) is 289 Å². The molecule has 10 aromatic carbocycles. The molecule has 13 rings (SSSR count). The molecule has 0 fully saturated rings. The van der Waals surface area contributed by atoms with Gasteiger partial charge < -0.3 is 19.2 Å². The fraction of sp³-hybridized carbons (Fsp3) is 0.0625. The molecule has 0 aliphatic carbocycles. The number of benzene rings is 10. The number of para-hydroxylation sites is 6. The number of nitrogens with one attached hydrogen (secondary N) is 1. The number of rotatable bonds is 4. The van der Waals surface area contributed by atoms with E-state index < -0.39 is 5.60 Å². The molecular weight excluding hydrogens is 1030 g/mol. The van der Waals surface area contributed by atoms with Gasteiger partial charge in [0.2, 0.25) is 0 Å². The first-order valence-corrected chi connectivity index (χ1v) is 25.0. The van der Waals surface area contributed by atoms with Gasteiger partial charge in [0, 0.05) is 63.7 Å². The van der Waals surface area contributed by atoms with Gasteiger partial charge in [0.1, 0.15) is 0 Å². The van der Waals surface area contributed by atoms with Crippen LogP contribution >= 0.6 is 31.9 Å². The van der Waals surface area contributed by atoms with Crippen molar-refractivity contribution in [1.82, 2.24) is 14.1 Å². The van der Waals surface area contributed by atoms with Crippen molar-refractivity contribution in [3.8, 4) is 33.6 Å². The van der Waals surface area contributed by atoms with Crippen LogP contribution in [0.15, 0.2) is 252 Å². The summed E-state index contributed by atoms with van der Waals surface area (Å²) in [6.45, 7) is 4.90. The summed E-state index contributed by atoms with van der Waals surface area (Å²) >= 11 is 6.84. The summed E-state index contributed by atoms with van der Waals surface area (Å²) in [5, 5.41) is 17.8. The normalized spacial score (nSPS) is 11.1. The predicted molar refractivity (Wildman–Crippen MR) is 303 cm³/mol. The van der Waals surface area contributed by atoms with E-state index >= 15 is 0 Å². The van der Waals surface area contributed by atoms with Gasteiger partial charge in [-0.1, -0.05) is 210 Å². The van der Waals surface area contributed by atoms with Crippen molar-refractivity contribution in [3.05, 3.63) is 252 Å². The fourth-order valence-electron chi connectivity index (χ4n) is 9.11. The number of H-pyrrole nitrogens is 1. The second-order valence-electron chi connectivity index (χ2n) is 18.2. The number of nitrogens with zero attached hydrogens (tertiary/aromatic N) is 2. The van der Waals surface area contributed by atoms with Crippen LogP contribution in [0.25, 0.3) is 99.0 Å². The summed E-state index contributed by atoms with van der Waals surface area (Å²) in [5.74, 6) is 0. The van der Waals surface area contributed by atoms with Gasteiger partial charge in [-0.15, -0.1) is 5.60 Å². The summed E-state index contributed by atoms with van der Waals surface area (Å²) in [5.41, 5.74) is 13.8. The molecule has 71 heavy (non-hydrogen) atoms. The summed E-state index contributed by atoms with van der Waals surface area (Å²) in [7, 11) is 0. The molecule has 0 saturated carbocycles. The molecule has 342 valence electrons. The summed E-state index contributed by atoms with van der Waals surface area (Å²) < 4.78 is 6.96. The molecule has 0 atom stereocenters. The number of aromatic amines is 1. The molecule has 4 nitrogen and oxygen atoms in total. The quantitative estimate of drug-likeness (QED) is 0.175. The maximum absolute atomic E-state index is 10.1. The molecule has 0 bridgehead atoms. The number of fused-ring (bicyclic) bond motifs is 9. The zero-order valence-corrected chi connectivity index (χ0v) is 46.4. The third-order valence-electron chi connectivity index (χ3n) is 12.2. The molecule has 0 radical (unpaired) electrons. The number of aromatic nitrogens is 3. The summed E-state index contributed by atoms with van der Waals surface area (Å²) in [4.78, 5) is 3.38. The second kappa shape index (κ2) is 22.3. The topological polar surface area (TPSA) is 48.7 Å². The zero-order chi connectivity index (χ0) is 48.2. The maximum atomic E-state index is 10.1. The summed E-state index contributed by atoms with van der Waals surface area (Å²) in [6, 6.07) is 85.8. The van der Waals surface area contributed by atoms with Gasteiger partial charge in [-0.05, 0) is 107 Å². The molecule has 3 heterocycles. The van der Waals surface area contributed by atoms with Crippen molar-refractivity contribution in [1.29, 1.82) is 0 Å². The Kier molecular flexibility index (Phi) is 15.7. The van der Waals surface area contributed by atoms with E-state index in [4.69, 9.17) is 0 Å². The molecule has 13 aromatic rings. The van der Waals surface area contributed by atoms with Crippen molar-refractivity contribution in [3.63, 3.8) is 0 Å². The molecule has 0 unspecified atom stereocenters. The molecule has 0 aliphatic rings. The Morgan fingerprint density at radius 1 is 0.338 bits per heavy atom. The molecule has 7 heteroatoms. The van der Waals surface area contributed by atoms with E-state index in [-0.39, 0.29) is 51.4 Å². The Bertz CT molecular complexity index is 3700. The molecule has 0 amide bonds. The van der Waals surface area contributed by atoms with Gasteiger partial charge in [0.15, 0.2) is 0 Å². The molecular formula is C64H50Br2KN3O. The van der Waals surface area contributed by atoms with Crippen molar-refractivity contribution < 1.29 is 56.5 Å². The maximum Gasteiger partial charge on any atom is 1.00 e. The van der Waals surface area contributed by atoms with Gasteiger partial charge >= 0.3 is 51.4 Å². The Morgan fingerprint density at radius 2 is 0.648 bits per heavy atom. The number of hydrogen-bond acceptors (Lipinski definition) is 1. The number of hydrogen-bond donors (Lipinski definition) is 1. The van der Waals surface area contributed by atoms with Crippen molar-refractivity contribution in [2.75, 3.05) is 0 Å². The largest absolute Gasteiger partial charge is 1.00 e. The van der Waals surface area contributed by atoms with E-state index in [1.165, 1.54) is 99.0 Å². The van der Waals surface area contributed by atoms with E-state index in [0.717, 1.165) is 8.95 Å². The first-order chi connectivity index (χ1) is 34.1. The average Bonchev–Trinajstić information content (AvgIpc) is 4.05. The minimum Gasteiger partial charge on any atom is -0.850 e. The smallest absolute Gasteiger partial charge is 0.850 e. The van der Waals surface area contributed by atoms with Crippen molar-refractivity contribution >= 4 is 97.3 Å².